The number of benzene rings is 1. The van der Waals surface area contributed by atoms with Crippen molar-refractivity contribution in [3.8, 4) is 11.8 Å². The molecule has 1 amide bonds. The Morgan fingerprint density at radius 3 is 2.79 bits per heavy atom. The van der Waals surface area contributed by atoms with E-state index in [1.807, 2.05) is 30.0 Å². The Morgan fingerprint density at radius 1 is 1.37 bits per heavy atom. The molecule has 100 valence electrons. The molecule has 0 radical (unpaired) electrons. The van der Waals surface area contributed by atoms with E-state index in [9.17, 15) is 4.79 Å². The van der Waals surface area contributed by atoms with Crippen LogP contribution in [0.1, 0.15) is 40.7 Å². The van der Waals surface area contributed by atoms with Gasteiger partial charge in [-0.15, -0.1) is 0 Å². The van der Waals surface area contributed by atoms with Crippen LogP contribution in [-0.2, 0) is 0 Å². The molecule has 1 aromatic carbocycles. The first-order valence-corrected chi connectivity index (χ1v) is 6.72. The summed E-state index contributed by atoms with van der Waals surface area (Å²) in [4.78, 5) is 14.3. The van der Waals surface area contributed by atoms with Crippen molar-refractivity contribution in [3.05, 3.63) is 34.9 Å². The predicted octanol–water partition coefficient (Wildman–Crippen LogP) is 1.96. The molecule has 0 aliphatic carbocycles. The van der Waals surface area contributed by atoms with E-state index in [0.717, 1.165) is 42.6 Å². The summed E-state index contributed by atoms with van der Waals surface area (Å²) in [5, 5.41) is 8.74. The van der Waals surface area contributed by atoms with Crippen LogP contribution < -0.4 is 0 Å². The Labute approximate surface area is 114 Å². The van der Waals surface area contributed by atoms with E-state index in [0.29, 0.717) is 6.42 Å². The molecular formula is C16H19NO2. The number of rotatable bonds is 2. The first-order valence-electron chi connectivity index (χ1n) is 6.72. The van der Waals surface area contributed by atoms with Gasteiger partial charge in [-0.2, -0.15) is 0 Å². The lowest BCUT2D eigenvalue weighted by Crippen LogP contribution is -2.28. The van der Waals surface area contributed by atoms with E-state index >= 15 is 0 Å². The molecule has 1 aliphatic rings. The molecule has 3 heteroatoms. The van der Waals surface area contributed by atoms with Gasteiger partial charge in [-0.25, -0.2) is 0 Å². The van der Waals surface area contributed by atoms with Crippen LogP contribution in [0.25, 0.3) is 0 Å². The van der Waals surface area contributed by atoms with Crippen molar-refractivity contribution in [1.29, 1.82) is 0 Å². The first-order chi connectivity index (χ1) is 9.24. The van der Waals surface area contributed by atoms with E-state index in [1.54, 1.807) is 0 Å². The molecule has 3 nitrogen and oxygen atoms in total. The van der Waals surface area contributed by atoms with Crippen molar-refractivity contribution in [2.75, 3.05) is 19.7 Å². The third kappa shape index (κ3) is 3.15. The van der Waals surface area contributed by atoms with Crippen LogP contribution in [0.4, 0.5) is 0 Å². The Kier molecular flexibility index (Phi) is 4.59. The topological polar surface area (TPSA) is 40.5 Å². The number of likely N-dealkylation sites (tertiary alicyclic amines) is 1. The average molecular weight is 257 g/mol. The number of aliphatic hydroxyl groups excluding tert-OH is 1. The van der Waals surface area contributed by atoms with Crippen LogP contribution >= 0.6 is 0 Å². The van der Waals surface area contributed by atoms with Crippen molar-refractivity contribution in [2.24, 2.45) is 0 Å². The third-order valence-electron chi connectivity index (χ3n) is 3.42. The summed E-state index contributed by atoms with van der Waals surface area (Å²) in [5.74, 6) is 6.03. The Bertz CT molecular complexity index is 519. The number of carbonyl (C=O) groups is 1. The minimum absolute atomic E-state index is 0.0679. The van der Waals surface area contributed by atoms with Crippen LogP contribution in [0.3, 0.4) is 0 Å². The quantitative estimate of drug-likeness (QED) is 0.823. The maximum atomic E-state index is 12.4. The van der Waals surface area contributed by atoms with Gasteiger partial charge in [0, 0.05) is 30.6 Å². The van der Waals surface area contributed by atoms with Crippen molar-refractivity contribution < 1.29 is 9.90 Å². The maximum Gasteiger partial charge on any atom is 0.254 e. The van der Waals surface area contributed by atoms with E-state index in [4.69, 9.17) is 5.11 Å². The van der Waals surface area contributed by atoms with Crippen molar-refractivity contribution in [1.82, 2.24) is 4.90 Å². The molecule has 1 fully saturated rings. The molecule has 1 aromatic rings. The van der Waals surface area contributed by atoms with Crippen LogP contribution in [0.5, 0.6) is 0 Å². The molecule has 1 N–H and O–H groups in total. The zero-order chi connectivity index (χ0) is 13.7. The molecule has 1 heterocycles. The van der Waals surface area contributed by atoms with Crippen molar-refractivity contribution >= 4 is 5.91 Å². The fourth-order valence-corrected chi connectivity index (χ4v) is 2.31. The maximum absolute atomic E-state index is 12.4. The van der Waals surface area contributed by atoms with Crippen LogP contribution in [-0.4, -0.2) is 35.6 Å². The lowest BCUT2D eigenvalue weighted by Gasteiger charge is -2.17. The summed E-state index contributed by atoms with van der Waals surface area (Å²) >= 11 is 0. The Hall–Kier alpha value is -1.79. The fourth-order valence-electron chi connectivity index (χ4n) is 2.31. The predicted molar refractivity (Wildman–Crippen MR) is 74.9 cm³/mol. The summed E-state index contributed by atoms with van der Waals surface area (Å²) < 4.78 is 0. The molecule has 0 saturated carbocycles. The lowest BCUT2D eigenvalue weighted by molar-refractivity contribution is 0.0792. The number of aliphatic hydroxyl groups is 1. The molecule has 1 saturated heterocycles. The Morgan fingerprint density at radius 2 is 2.11 bits per heavy atom. The largest absolute Gasteiger partial charge is 0.395 e. The molecule has 1 aliphatic heterocycles. The van der Waals surface area contributed by atoms with Gasteiger partial charge in [0.2, 0.25) is 0 Å². The molecule has 0 aromatic heterocycles. The minimum atomic E-state index is 0.0679. The lowest BCUT2D eigenvalue weighted by atomic mass is 10.0. The highest BCUT2D eigenvalue weighted by Crippen LogP contribution is 2.18. The summed E-state index contributed by atoms with van der Waals surface area (Å²) in [6.07, 6.45) is 2.66. The molecule has 0 unspecified atom stereocenters. The molecular weight excluding hydrogens is 238 g/mol. The number of nitrogens with zero attached hydrogens (tertiary/aromatic N) is 1. The highest BCUT2D eigenvalue weighted by Gasteiger charge is 2.21. The van der Waals surface area contributed by atoms with Crippen molar-refractivity contribution in [3.63, 3.8) is 0 Å². The standard InChI is InChI=1S/C16H19NO2/c1-13-14(7-2-5-12-18)8-6-9-15(13)16(19)17-10-3-4-11-17/h6,8-9,18H,3-5,10-12H2,1H3. The number of amides is 1. The smallest absolute Gasteiger partial charge is 0.254 e. The van der Waals surface area contributed by atoms with Gasteiger partial charge in [0.05, 0.1) is 6.61 Å². The number of hydrogen-bond acceptors (Lipinski definition) is 2. The summed E-state index contributed by atoms with van der Waals surface area (Å²) in [5.41, 5.74) is 2.56. The highest BCUT2D eigenvalue weighted by atomic mass is 16.2. The summed E-state index contributed by atoms with van der Waals surface area (Å²) in [7, 11) is 0. The zero-order valence-electron chi connectivity index (χ0n) is 11.3. The normalized spacial score (nSPS) is 14.1. The fraction of sp³-hybridized carbons (Fsp3) is 0.438. The molecule has 19 heavy (non-hydrogen) atoms. The average Bonchev–Trinajstić information content (AvgIpc) is 2.94. The second kappa shape index (κ2) is 6.40. The SMILES string of the molecule is Cc1c(C#CCCO)cccc1C(=O)N1CCCC1. The van der Waals surface area contributed by atoms with Gasteiger partial charge in [0.25, 0.3) is 5.91 Å². The molecule has 2 rings (SSSR count). The Balaban J connectivity index is 2.24. The van der Waals surface area contributed by atoms with Gasteiger partial charge < -0.3 is 10.0 Å². The van der Waals surface area contributed by atoms with E-state index in [-0.39, 0.29) is 12.5 Å². The van der Waals surface area contributed by atoms with Crippen LogP contribution in [0.15, 0.2) is 18.2 Å². The van der Waals surface area contributed by atoms with Gasteiger partial charge in [0.15, 0.2) is 0 Å². The number of carbonyl (C=O) groups excluding carboxylic acids is 1. The summed E-state index contributed by atoms with van der Waals surface area (Å²) in [6, 6.07) is 5.66. The second-order valence-electron chi connectivity index (χ2n) is 4.75. The van der Waals surface area contributed by atoms with Gasteiger partial charge in [-0.1, -0.05) is 17.9 Å². The van der Waals surface area contributed by atoms with Gasteiger partial charge >= 0.3 is 0 Å². The second-order valence-corrected chi connectivity index (χ2v) is 4.75. The van der Waals surface area contributed by atoms with Gasteiger partial charge in [-0.05, 0) is 37.5 Å². The highest BCUT2D eigenvalue weighted by molar-refractivity contribution is 5.96. The third-order valence-corrected chi connectivity index (χ3v) is 3.42. The molecule has 0 spiro atoms. The zero-order valence-corrected chi connectivity index (χ0v) is 11.3. The van der Waals surface area contributed by atoms with Crippen LogP contribution in [0.2, 0.25) is 0 Å². The van der Waals surface area contributed by atoms with Gasteiger partial charge in [-0.3, -0.25) is 4.79 Å². The van der Waals surface area contributed by atoms with E-state index in [1.165, 1.54) is 0 Å². The molecule has 0 bridgehead atoms. The van der Waals surface area contributed by atoms with E-state index < -0.39 is 0 Å². The number of hydrogen-bond donors (Lipinski definition) is 1. The first kappa shape index (κ1) is 13.6. The monoisotopic (exact) mass is 257 g/mol. The summed E-state index contributed by atoms with van der Waals surface area (Å²) in [6.45, 7) is 3.72. The van der Waals surface area contributed by atoms with Gasteiger partial charge in [0.1, 0.15) is 0 Å². The van der Waals surface area contributed by atoms with Crippen LogP contribution in [0, 0.1) is 18.8 Å². The minimum Gasteiger partial charge on any atom is -0.395 e. The van der Waals surface area contributed by atoms with E-state index in [2.05, 4.69) is 11.8 Å². The molecule has 0 atom stereocenters. The van der Waals surface area contributed by atoms with Crippen molar-refractivity contribution in [2.45, 2.75) is 26.2 Å².